The molecular weight excluding hydrogens is 336 g/mol. The van der Waals surface area contributed by atoms with E-state index in [2.05, 4.69) is 19.9 Å². The molecule has 4 heterocycles. The average molecular weight is 354 g/mol. The van der Waals surface area contributed by atoms with Gasteiger partial charge in [0.1, 0.15) is 5.82 Å². The molecule has 0 bridgehead atoms. The molecular formula is C22H18N4O. The van der Waals surface area contributed by atoms with Crippen molar-refractivity contribution in [3.63, 3.8) is 0 Å². The lowest BCUT2D eigenvalue weighted by atomic mass is 9.94. The van der Waals surface area contributed by atoms with Crippen molar-refractivity contribution in [3.05, 3.63) is 95.7 Å². The number of carbonyl (C=O) groups is 1. The van der Waals surface area contributed by atoms with E-state index >= 15 is 0 Å². The van der Waals surface area contributed by atoms with Gasteiger partial charge in [-0.05, 0) is 47.5 Å². The Balaban J connectivity index is 1.74. The quantitative estimate of drug-likeness (QED) is 0.675. The van der Waals surface area contributed by atoms with Crippen LogP contribution in [0.15, 0.2) is 84.6 Å². The fourth-order valence-corrected chi connectivity index (χ4v) is 3.07. The van der Waals surface area contributed by atoms with Crippen molar-refractivity contribution >= 4 is 23.8 Å². The largest absolute Gasteiger partial charge is 0.348 e. The summed E-state index contributed by atoms with van der Waals surface area (Å²) in [5, 5.41) is 0. The summed E-state index contributed by atoms with van der Waals surface area (Å²) in [6.45, 7) is 1.02. The van der Waals surface area contributed by atoms with E-state index in [0.717, 1.165) is 28.1 Å². The van der Waals surface area contributed by atoms with Gasteiger partial charge < -0.3 is 4.90 Å². The van der Waals surface area contributed by atoms with Crippen molar-refractivity contribution in [2.24, 2.45) is 0 Å². The first kappa shape index (κ1) is 16.8. The second kappa shape index (κ2) is 7.74. The number of carbonyl (C=O) groups excluding carboxylic acids is 1. The first-order valence-corrected chi connectivity index (χ1v) is 8.71. The normalized spacial score (nSPS) is 17.5. The number of nitrogens with zero attached hydrogens (tertiary/aromatic N) is 4. The standard InChI is InChI=1S/C22H18N4O/c27-22-19(11-17-5-3-8-23-13-17)15-26(21-7-1-2-10-25-21)16-20(22)12-18-6-4-9-24-14-18/h1-14H,15-16H2. The van der Waals surface area contributed by atoms with Crippen molar-refractivity contribution in [1.29, 1.82) is 0 Å². The minimum Gasteiger partial charge on any atom is -0.348 e. The molecule has 1 aliphatic rings. The molecule has 27 heavy (non-hydrogen) atoms. The smallest absolute Gasteiger partial charge is 0.188 e. The number of pyridine rings is 3. The first-order valence-electron chi connectivity index (χ1n) is 8.71. The molecule has 0 saturated carbocycles. The Morgan fingerprint density at radius 3 is 1.89 bits per heavy atom. The summed E-state index contributed by atoms with van der Waals surface area (Å²) < 4.78 is 0. The van der Waals surface area contributed by atoms with Gasteiger partial charge >= 0.3 is 0 Å². The highest BCUT2D eigenvalue weighted by Gasteiger charge is 2.26. The van der Waals surface area contributed by atoms with Crippen molar-refractivity contribution in [2.75, 3.05) is 18.0 Å². The summed E-state index contributed by atoms with van der Waals surface area (Å²) in [7, 11) is 0. The van der Waals surface area contributed by atoms with Gasteiger partial charge in [0, 0.05) is 55.2 Å². The molecule has 0 spiro atoms. The lowest BCUT2D eigenvalue weighted by molar-refractivity contribution is -0.112. The lowest BCUT2D eigenvalue weighted by Crippen LogP contribution is -2.38. The third kappa shape index (κ3) is 3.98. The predicted molar refractivity (Wildman–Crippen MR) is 106 cm³/mol. The molecule has 0 radical (unpaired) electrons. The molecule has 4 rings (SSSR count). The second-order valence-electron chi connectivity index (χ2n) is 6.28. The van der Waals surface area contributed by atoms with E-state index in [4.69, 9.17) is 0 Å². The molecule has 0 aliphatic carbocycles. The molecule has 0 N–H and O–H groups in total. The summed E-state index contributed by atoms with van der Waals surface area (Å²) >= 11 is 0. The molecule has 0 amide bonds. The first-order chi connectivity index (χ1) is 13.3. The van der Waals surface area contributed by atoms with Crippen LogP contribution in [0.25, 0.3) is 12.2 Å². The Hall–Kier alpha value is -3.60. The maximum atomic E-state index is 13.1. The van der Waals surface area contributed by atoms with Gasteiger partial charge in [0.2, 0.25) is 0 Å². The fraction of sp³-hybridized carbons (Fsp3) is 0.0909. The van der Waals surface area contributed by atoms with Crippen LogP contribution in [-0.2, 0) is 4.79 Å². The third-order valence-electron chi connectivity index (χ3n) is 4.33. The lowest BCUT2D eigenvalue weighted by Gasteiger charge is -2.30. The number of hydrogen-bond acceptors (Lipinski definition) is 5. The van der Waals surface area contributed by atoms with Crippen LogP contribution in [0.4, 0.5) is 5.82 Å². The molecule has 5 nitrogen and oxygen atoms in total. The molecule has 1 fully saturated rings. The van der Waals surface area contributed by atoms with Gasteiger partial charge in [-0.1, -0.05) is 18.2 Å². The number of hydrogen-bond donors (Lipinski definition) is 0. The fourth-order valence-electron chi connectivity index (χ4n) is 3.07. The van der Waals surface area contributed by atoms with E-state index in [1.165, 1.54) is 0 Å². The highest BCUT2D eigenvalue weighted by molar-refractivity contribution is 6.15. The van der Waals surface area contributed by atoms with Crippen molar-refractivity contribution in [2.45, 2.75) is 0 Å². The van der Waals surface area contributed by atoms with Crippen molar-refractivity contribution in [1.82, 2.24) is 15.0 Å². The zero-order valence-corrected chi connectivity index (χ0v) is 14.7. The number of anilines is 1. The predicted octanol–water partition coefficient (Wildman–Crippen LogP) is 3.43. The minimum absolute atomic E-state index is 0.0508. The summed E-state index contributed by atoms with van der Waals surface area (Å²) in [4.78, 5) is 27.9. The highest BCUT2D eigenvalue weighted by atomic mass is 16.1. The number of aromatic nitrogens is 3. The summed E-state index contributed by atoms with van der Waals surface area (Å²) in [5.74, 6) is 0.897. The molecule has 0 unspecified atom stereocenters. The van der Waals surface area contributed by atoms with Crippen LogP contribution in [0.1, 0.15) is 11.1 Å². The van der Waals surface area contributed by atoms with Crippen LogP contribution in [0.3, 0.4) is 0 Å². The van der Waals surface area contributed by atoms with Crippen molar-refractivity contribution in [3.8, 4) is 0 Å². The third-order valence-corrected chi connectivity index (χ3v) is 4.33. The highest BCUT2D eigenvalue weighted by Crippen LogP contribution is 2.25. The maximum absolute atomic E-state index is 13.1. The SMILES string of the molecule is O=C1C(=Cc2cccnc2)CN(c2ccccn2)CC1=Cc1cccnc1. The van der Waals surface area contributed by atoms with Crippen LogP contribution in [0, 0.1) is 0 Å². The van der Waals surface area contributed by atoms with Crippen LogP contribution in [-0.4, -0.2) is 33.8 Å². The Morgan fingerprint density at radius 2 is 1.41 bits per heavy atom. The van der Waals surface area contributed by atoms with Crippen LogP contribution in [0.5, 0.6) is 0 Å². The van der Waals surface area contributed by atoms with Gasteiger partial charge in [-0.15, -0.1) is 0 Å². The summed E-state index contributed by atoms with van der Waals surface area (Å²) in [6.07, 6.45) is 12.5. The Kier molecular flexibility index (Phi) is 4.83. The molecule has 0 atom stereocenters. The van der Waals surface area contributed by atoms with Crippen LogP contribution < -0.4 is 4.90 Å². The van der Waals surface area contributed by atoms with E-state index in [9.17, 15) is 4.79 Å². The summed E-state index contributed by atoms with van der Waals surface area (Å²) in [5.41, 5.74) is 3.25. The van der Waals surface area contributed by atoms with E-state index in [1.807, 2.05) is 54.6 Å². The number of ketones is 1. The monoisotopic (exact) mass is 354 g/mol. The topological polar surface area (TPSA) is 59.0 Å². The van der Waals surface area contributed by atoms with Gasteiger partial charge in [0.05, 0.1) is 0 Å². The van der Waals surface area contributed by atoms with E-state index in [0.29, 0.717) is 13.1 Å². The number of rotatable bonds is 3. The molecule has 3 aromatic rings. The average Bonchev–Trinajstić information content (AvgIpc) is 2.73. The van der Waals surface area contributed by atoms with Gasteiger partial charge in [0.25, 0.3) is 0 Å². The van der Waals surface area contributed by atoms with E-state index < -0.39 is 0 Å². The Labute approximate surface area is 157 Å². The zero-order chi connectivity index (χ0) is 18.5. The Bertz CT molecular complexity index is 921. The van der Waals surface area contributed by atoms with E-state index in [1.54, 1.807) is 31.0 Å². The number of piperidine rings is 1. The van der Waals surface area contributed by atoms with E-state index in [-0.39, 0.29) is 5.78 Å². The Morgan fingerprint density at radius 1 is 0.778 bits per heavy atom. The minimum atomic E-state index is 0.0508. The molecule has 3 aromatic heterocycles. The maximum Gasteiger partial charge on any atom is 0.188 e. The van der Waals surface area contributed by atoms with Gasteiger partial charge in [-0.25, -0.2) is 4.98 Å². The van der Waals surface area contributed by atoms with Gasteiger partial charge in [-0.2, -0.15) is 0 Å². The second-order valence-corrected chi connectivity index (χ2v) is 6.28. The molecule has 132 valence electrons. The molecule has 5 heteroatoms. The van der Waals surface area contributed by atoms with Crippen molar-refractivity contribution < 1.29 is 4.79 Å². The summed E-state index contributed by atoms with van der Waals surface area (Å²) in [6, 6.07) is 13.4. The molecule has 0 aromatic carbocycles. The number of Topliss-reactive ketones (excluding diaryl/α,β-unsaturated/α-hetero) is 1. The van der Waals surface area contributed by atoms with Crippen LogP contribution in [0.2, 0.25) is 0 Å². The molecule has 1 aliphatic heterocycles. The van der Waals surface area contributed by atoms with Crippen LogP contribution >= 0.6 is 0 Å². The molecule has 1 saturated heterocycles. The van der Waals surface area contributed by atoms with Gasteiger partial charge in [0.15, 0.2) is 5.78 Å². The van der Waals surface area contributed by atoms with Gasteiger partial charge in [-0.3, -0.25) is 14.8 Å². The zero-order valence-electron chi connectivity index (χ0n) is 14.7.